The molecule has 2 aliphatic carbocycles. The lowest BCUT2D eigenvalue weighted by Gasteiger charge is -2.57. The van der Waals surface area contributed by atoms with Gasteiger partial charge in [0.25, 0.3) is 0 Å². The SMILES string of the molecule is CC(C)(C)OC(=O)NC1CC2(CC(NC(=O)NCc3cn[nH]c3)C2)C1. The molecule has 8 heteroatoms. The number of aromatic amines is 1. The van der Waals surface area contributed by atoms with Crippen LogP contribution in [-0.4, -0.2) is 40.0 Å². The van der Waals surface area contributed by atoms with E-state index in [4.69, 9.17) is 4.74 Å². The van der Waals surface area contributed by atoms with Crippen LogP contribution in [0.15, 0.2) is 12.4 Å². The maximum absolute atomic E-state index is 11.9. The summed E-state index contributed by atoms with van der Waals surface area (Å²) >= 11 is 0. The normalized spacial score (nSPS) is 27.8. The summed E-state index contributed by atoms with van der Waals surface area (Å²) in [6.45, 7) is 6.03. The molecule has 0 aliphatic heterocycles. The highest BCUT2D eigenvalue weighted by molar-refractivity contribution is 5.74. The number of aromatic nitrogens is 2. The fraction of sp³-hybridized carbons (Fsp3) is 0.706. The first kappa shape index (κ1) is 17.6. The molecule has 1 aromatic rings. The van der Waals surface area contributed by atoms with Crippen molar-refractivity contribution in [3.05, 3.63) is 18.0 Å². The van der Waals surface area contributed by atoms with Crippen molar-refractivity contribution in [1.29, 1.82) is 0 Å². The number of amides is 3. The van der Waals surface area contributed by atoms with Gasteiger partial charge in [-0.25, -0.2) is 9.59 Å². The Morgan fingerprint density at radius 2 is 1.88 bits per heavy atom. The molecule has 1 aromatic heterocycles. The van der Waals surface area contributed by atoms with Crippen LogP contribution >= 0.6 is 0 Å². The molecule has 1 spiro atoms. The number of carbonyl (C=O) groups excluding carboxylic acids is 2. The Morgan fingerprint density at radius 1 is 1.24 bits per heavy atom. The van der Waals surface area contributed by atoms with Crippen molar-refractivity contribution < 1.29 is 14.3 Å². The molecule has 3 rings (SSSR count). The molecule has 0 unspecified atom stereocenters. The second-order valence-electron chi connectivity index (χ2n) is 8.29. The highest BCUT2D eigenvalue weighted by Gasteiger charge is 2.53. The highest BCUT2D eigenvalue weighted by atomic mass is 16.6. The molecule has 0 bridgehead atoms. The number of hydrogen-bond donors (Lipinski definition) is 4. The van der Waals surface area contributed by atoms with Gasteiger partial charge in [-0.2, -0.15) is 5.10 Å². The third kappa shape index (κ3) is 4.64. The van der Waals surface area contributed by atoms with Gasteiger partial charge >= 0.3 is 12.1 Å². The van der Waals surface area contributed by atoms with E-state index >= 15 is 0 Å². The van der Waals surface area contributed by atoms with Crippen LogP contribution < -0.4 is 16.0 Å². The Bertz CT molecular complexity index is 609. The zero-order valence-electron chi connectivity index (χ0n) is 15.0. The lowest BCUT2D eigenvalue weighted by molar-refractivity contribution is -0.0294. The number of hydrogen-bond acceptors (Lipinski definition) is 4. The van der Waals surface area contributed by atoms with Crippen LogP contribution in [0.1, 0.15) is 52.0 Å². The van der Waals surface area contributed by atoms with E-state index in [1.807, 2.05) is 20.8 Å². The molecule has 3 amide bonds. The largest absolute Gasteiger partial charge is 0.444 e. The molecule has 138 valence electrons. The van der Waals surface area contributed by atoms with Gasteiger partial charge < -0.3 is 20.7 Å². The fourth-order valence-corrected chi connectivity index (χ4v) is 3.78. The van der Waals surface area contributed by atoms with Crippen molar-refractivity contribution in [2.24, 2.45) is 5.41 Å². The van der Waals surface area contributed by atoms with Crippen molar-refractivity contribution in [2.75, 3.05) is 0 Å². The molecular formula is C17H27N5O3. The van der Waals surface area contributed by atoms with E-state index in [1.54, 1.807) is 12.4 Å². The van der Waals surface area contributed by atoms with Crippen LogP contribution in [0.4, 0.5) is 9.59 Å². The van der Waals surface area contributed by atoms with Crippen molar-refractivity contribution in [2.45, 2.75) is 70.7 Å². The zero-order valence-corrected chi connectivity index (χ0v) is 15.0. The Labute approximate surface area is 147 Å². The molecule has 0 radical (unpaired) electrons. The van der Waals surface area contributed by atoms with E-state index in [0.29, 0.717) is 6.54 Å². The molecule has 0 atom stereocenters. The van der Waals surface area contributed by atoms with E-state index in [1.165, 1.54) is 0 Å². The molecular weight excluding hydrogens is 322 g/mol. The Morgan fingerprint density at radius 3 is 2.44 bits per heavy atom. The van der Waals surface area contributed by atoms with Crippen molar-refractivity contribution in [3.8, 4) is 0 Å². The first-order valence-electron chi connectivity index (χ1n) is 8.75. The van der Waals surface area contributed by atoms with Gasteiger partial charge in [0.2, 0.25) is 0 Å². The number of carbonyl (C=O) groups is 2. The topological polar surface area (TPSA) is 108 Å². The number of rotatable bonds is 4. The van der Waals surface area contributed by atoms with Gasteiger partial charge in [0.15, 0.2) is 0 Å². The van der Waals surface area contributed by atoms with E-state index in [-0.39, 0.29) is 29.6 Å². The number of ether oxygens (including phenoxy) is 1. The van der Waals surface area contributed by atoms with Gasteiger partial charge in [0.1, 0.15) is 5.60 Å². The van der Waals surface area contributed by atoms with E-state index in [0.717, 1.165) is 31.2 Å². The summed E-state index contributed by atoms with van der Waals surface area (Å²) in [6, 6.07) is 0.251. The minimum absolute atomic E-state index is 0.149. The second-order valence-corrected chi connectivity index (χ2v) is 8.29. The van der Waals surface area contributed by atoms with Crippen molar-refractivity contribution in [3.63, 3.8) is 0 Å². The molecule has 1 heterocycles. The first-order chi connectivity index (χ1) is 11.7. The molecule has 25 heavy (non-hydrogen) atoms. The lowest BCUT2D eigenvalue weighted by atomic mass is 9.52. The lowest BCUT2D eigenvalue weighted by Crippen LogP contribution is -2.62. The molecule has 8 nitrogen and oxygen atoms in total. The van der Waals surface area contributed by atoms with Crippen LogP contribution in [-0.2, 0) is 11.3 Å². The maximum Gasteiger partial charge on any atom is 0.407 e. The van der Waals surface area contributed by atoms with Crippen LogP contribution in [0.2, 0.25) is 0 Å². The van der Waals surface area contributed by atoms with Gasteiger partial charge in [-0.3, -0.25) is 5.10 Å². The average Bonchev–Trinajstić information content (AvgIpc) is 2.91. The van der Waals surface area contributed by atoms with Gasteiger partial charge in [-0.1, -0.05) is 0 Å². The minimum Gasteiger partial charge on any atom is -0.444 e. The standard InChI is InChI=1S/C17H27N5O3/c1-16(2,3)25-15(24)22-13-6-17(7-13)4-12(5-17)21-14(23)18-8-11-9-19-20-10-11/h9-10,12-13H,4-8H2,1-3H3,(H,19,20)(H,22,24)(H2,18,21,23). The molecule has 0 saturated heterocycles. The Kier molecular flexibility index (Phi) is 4.62. The second kappa shape index (κ2) is 6.57. The third-order valence-corrected chi connectivity index (χ3v) is 4.78. The Hall–Kier alpha value is -2.25. The summed E-state index contributed by atoms with van der Waals surface area (Å²) < 4.78 is 5.27. The van der Waals surface area contributed by atoms with Crippen molar-refractivity contribution >= 4 is 12.1 Å². The number of H-pyrrole nitrogens is 1. The number of urea groups is 1. The quantitative estimate of drug-likeness (QED) is 0.667. The van der Waals surface area contributed by atoms with Gasteiger partial charge in [0, 0.05) is 30.4 Å². The zero-order chi connectivity index (χ0) is 18.1. The predicted molar refractivity (Wildman–Crippen MR) is 91.8 cm³/mol. The van der Waals surface area contributed by atoms with Gasteiger partial charge in [-0.05, 0) is 51.9 Å². The molecule has 0 aromatic carbocycles. The smallest absolute Gasteiger partial charge is 0.407 e. The summed E-state index contributed by atoms with van der Waals surface area (Å²) in [7, 11) is 0. The summed E-state index contributed by atoms with van der Waals surface area (Å²) in [6.07, 6.45) is 6.95. The molecule has 2 aliphatic rings. The summed E-state index contributed by atoms with van der Waals surface area (Å²) in [5, 5.41) is 15.3. The summed E-state index contributed by atoms with van der Waals surface area (Å²) in [5.74, 6) is 0. The number of alkyl carbamates (subject to hydrolysis) is 1. The van der Waals surface area contributed by atoms with E-state index < -0.39 is 5.60 Å². The highest BCUT2D eigenvalue weighted by Crippen LogP contribution is 2.55. The third-order valence-electron chi connectivity index (χ3n) is 4.78. The van der Waals surface area contributed by atoms with Crippen LogP contribution in [0.5, 0.6) is 0 Å². The van der Waals surface area contributed by atoms with Gasteiger partial charge in [-0.15, -0.1) is 0 Å². The summed E-state index contributed by atoms with van der Waals surface area (Å²) in [4.78, 5) is 23.6. The van der Waals surface area contributed by atoms with E-state index in [2.05, 4.69) is 26.1 Å². The summed E-state index contributed by atoms with van der Waals surface area (Å²) in [5.41, 5.74) is 0.749. The monoisotopic (exact) mass is 349 g/mol. The van der Waals surface area contributed by atoms with Gasteiger partial charge in [0.05, 0.1) is 6.20 Å². The molecule has 2 saturated carbocycles. The van der Waals surface area contributed by atoms with Crippen LogP contribution in [0.3, 0.4) is 0 Å². The fourth-order valence-electron chi connectivity index (χ4n) is 3.78. The first-order valence-corrected chi connectivity index (χ1v) is 8.75. The van der Waals surface area contributed by atoms with E-state index in [9.17, 15) is 9.59 Å². The van der Waals surface area contributed by atoms with Crippen LogP contribution in [0, 0.1) is 5.41 Å². The number of nitrogens with one attached hydrogen (secondary N) is 4. The maximum atomic E-state index is 11.9. The molecule has 4 N–H and O–H groups in total. The Balaban J connectivity index is 1.30. The minimum atomic E-state index is -0.471. The molecule has 2 fully saturated rings. The predicted octanol–water partition coefficient (Wildman–Crippen LogP) is 2.04. The van der Waals surface area contributed by atoms with Crippen molar-refractivity contribution in [1.82, 2.24) is 26.1 Å². The number of nitrogens with zero attached hydrogens (tertiary/aromatic N) is 1. The van der Waals surface area contributed by atoms with Crippen LogP contribution in [0.25, 0.3) is 0 Å². The average molecular weight is 349 g/mol.